The summed E-state index contributed by atoms with van der Waals surface area (Å²) in [6.45, 7) is 0.997. The summed E-state index contributed by atoms with van der Waals surface area (Å²) in [5, 5.41) is 11.7. The molecule has 0 aliphatic carbocycles. The summed E-state index contributed by atoms with van der Waals surface area (Å²) >= 11 is 0. The van der Waals surface area contributed by atoms with Crippen molar-refractivity contribution in [2.45, 2.75) is 31.3 Å². The SMILES string of the molecule is N[C@@H](CC1CCCN1)C(=O)O. The van der Waals surface area contributed by atoms with Gasteiger partial charge in [0.05, 0.1) is 0 Å². The number of hydrogen-bond donors (Lipinski definition) is 3. The molecule has 0 bridgehead atoms. The van der Waals surface area contributed by atoms with Gasteiger partial charge in [-0.15, -0.1) is 0 Å². The Morgan fingerprint density at radius 3 is 3.00 bits per heavy atom. The third-order valence-electron chi connectivity index (χ3n) is 2.02. The van der Waals surface area contributed by atoms with Crippen molar-refractivity contribution in [1.82, 2.24) is 5.32 Å². The van der Waals surface area contributed by atoms with Crippen molar-refractivity contribution >= 4 is 5.97 Å². The van der Waals surface area contributed by atoms with Gasteiger partial charge >= 0.3 is 5.97 Å². The molecular weight excluding hydrogens is 144 g/mol. The monoisotopic (exact) mass is 158 g/mol. The van der Waals surface area contributed by atoms with Gasteiger partial charge in [0.1, 0.15) is 6.04 Å². The first-order valence-electron chi connectivity index (χ1n) is 3.92. The van der Waals surface area contributed by atoms with Gasteiger partial charge in [0, 0.05) is 6.04 Å². The Kier molecular flexibility index (Phi) is 2.84. The number of carboxylic acid groups (broad SMARTS) is 1. The fourth-order valence-electron chi connectivity index (χ4n) is 1.37. The molecule has 0 aromatic carbocycles. The van der Waals surface area contributed by atoms with Crippen LogP contribution in [0.4, 0.5) is 0 Å². The molecule has 1 rings (SSSR count). The highest BCUT2D eigenvalue weighted by molar-refractivity contribution is 5.73. The average molecular weight is 158 g/mol. The first kappa shape index (κ1) is 8.49. The van der Waals surface area contributed by atoms with Crippen LogP contribution in [0.1, 0.15) is 19.3 Å². The van der Waals surface area contributed by atoms with Gasteiger partial charge in [0.25, 0.3) is 0 Å². The lowest BCUT2D eigenvalue weighted by atomic mass is 10.1. The molecule has 4 nitrogen and oxygen atoms in total. The normalized spacial score (nSPS) is 26.8. The van der Waals surface area contributed by atoms with E-state index in [0.717, 1.165) is 19.4 Å². The summed E-state index contributed by atoms with van der Waals surface area (Å²) in [6, 6.07) is -0.383. The van der Waals surface area contributed by atoms with Crippen molar-refractivity contribution in [2.24, 2.45) is 5.73 Å². The molecular formula is C7H14N2O2. The molecule has 11 heavy (non-hydrogen) atoms. The Morgan fingerprint density at radius 2 is 2.55 bits per heavy atom. The molecule has 1 saturated heterocycles. The van der Waals surface area contributed by atoms with E-state index in [1.165, 1.54) is 0 Å². The van der Waals surface area contributed by atoms with Crippen molar-refractivity contribution < 1.29 is 9.90 Å². The molecule has 0 spiro atoms. The fourth-order valence-corrected chi connectivity index (χ4v) is 1.37. The largest absolute Gasteiger partial charge is 0.480 e. The Balaban J connectivity index is 2.23. The van der Waals surface area contributed by atoms with Gasteiger partial charge in [-0.3, -0.25) is 4.79 Å². The molecule has 1 heterocycles. The van der Waals surface area contributed by atoms with E-state index in [1.54, 1.807) is 0 Å². The molecule has 4 heteroatoms. The summed E-state index contributed by atoms with van der Waals surface area (Å²) in [7, 11) is 0. The lowest BCUT2D eigenvalue weighted by Crippen LogP contribution is -2.37. The zero-order chi connectivity index (χ0) is 8.27. The molecule has 1 aliphatic rings. The van der Waals surface area contributed by atoms with Crippen LogP contribution in [0.3, 0.4) is 0 Å². The number of carboxylic acids is 1. The van der Waals surface area contributed by atoms with E-state index in [4.69, 9.17) is 10.8 Å². The molecule has 0 aromatic heterocycles. The maximum atomic E-state index is 10.3. The molecule has 1 unspecified atom stereocenters. The van der Waals surface area contributed by atoms with Crippen LogP contribution in [0, 0.1) is 0 Å². The molecule has 2 atom stereocenters. The Labute approximate surface area is 65.8 Å². The lowest BCUT2D eigenvalue weighted by Gasteiger charge is -2.12. The van der Waals surface area contributed by atoms with E-state index in [0.29, 0.717) is 12.5 Å². The summed E-state index contributed by atoms with van der Waals surface area (Å²) in [6.07, 6.45) is 2.74. The van der Waals surface area contributed by atoms with Gasteiger partial charge in [-0.25, -0.2) is 0 Å². The molecule has 0 radical (unpaired) electrons. The van der Waals surface area contributed by atoms with Crippen LogP contribution < -0.4 is 11.1 Å². The zero-order valence-electron chi connectivity index (χ0n) is 6.42. The zero-order valence-corrected chi connectivity index (χ0v) is 6.42. The van der Waals surface area contributed by atoms with Crippen molar-refractivity contribution in [3.05, 3.63) is 0 Å². The molecule has 4 N–H and O–H groups in total. The van der Waals surface area contributed by atoms with Crippen LogP contribution in [0.15, 0.2) is 0 Å². The molecule has 1 aliphatic heterocycles. The van der Waals surface area contributed by atoms with Crippen LogP contribution in [0.25, 0.3) is 0 Å². The third-order valence-corrected chi connectivity index (χ3v) is 2.02. The lowest BCUT2D eigenvalue weighted by molar-refractivity contribution is -0.138. The van der Waals surface area contributed by atoms with Gasteiger partial charge in [0.2, 0.25) is 0 Å². The van der Waals surface area contributed by atoms with Crippen LogP contribution in [-0.4, -0.2) is 29.7 Å². The second-order valence-electron chi connectivity index (χ2n) is 2.97. The van der Waals surface area contributed by atoms with Crippen LogP contribution in [-0.2, 0) is 4.79 Å². The molecule has 0 aromatic rings. The van der Waals surface area contributed by atoms with E-state index in [2.05, 4.69) is 5.32 Å². The number of carbonyl (C=O) groups is 1. The molecule has 0 saturated carbocycles. The van der Waals surface area contributed by atoms with E-state index in [9.17, 15) is 4.79 Å². The molecule has 0 amide bonds. The summed E-state index contributed by atoms with van der Waals surface area (Å²) in [5.41, 5.74) is 5.36. The Morgan fingerprint density at radius 1 is 1.82 bits per heavy atom. The highest BCUT2D eigenvalue weighted by atomic mass is 16.4. The minimum atomic E-state index is -0.904. The second kappa shape index (κ2) is 3.69. The smallest absolute Gasteiger partial charge is 0.320 e. The fraction of sp³-hybridized carbons (Fsp3) is 0.857. The van der Waals surface area contributed by atoms with E-state index in [-0.39, 0.29) is 0 Å². The average Bonchev–Trinajstić information content (AvgIpc) is 2.39. The van der Waals surface area contributed by atoms with Gasteiger partial charge in [-0.2, -0.15) is 0 Å². The highest BCUT2D eigenvalue weighted by Gasteiger charge is 2.20. The predicted molar refractivity (Wildman–Crippen MR) is 41.3 cm³/mol. The maximum Gasteiger partial charge on any atom is 0.320 e. The third kappa shape index (κ3) is 2.48. The summed E-state index contributed by atoms with van der Waals surface area (Å²) in [4.78, 5) is 10.3. The summed E-state index contributed by atoms with van der Waals surface area (Å²) in [5.74, 6) is -0.904. The minimum absolute atomic E-state index is 0.320. The first-order valence-corrected chi connectivity index (χ1v) is 3.92. The number of hydrogen-bond acceptors (Lipinski definition) is 3. The van der Waals surface area contributed by atoms with Gasteiger partial charge < -0.3 is 16.2 Å². The number of aliphatic carboxylic acids is 1. The van der Waals surface area contributed by atoms with Crippen molar-refractivity contribution in [1.29, 1.82) is 0 Å². The van der Waals surface area contributed by atoms with Gasteiger partial charge in [-0.1, -0.05) is 0 Å². The van der Waals surface area contributed by atoms with E-state index in [1.807, 2.05) is 0 Å². The number of nitrogens with one attached hydrogen (secondary N) is 1. The Bertz CT molecular complexity index is 143. The standard InChI is InChI=1S/C7H14N2O2/c8-6(7(10)11)4-5-2-1-3-9-5/h5-6,9H,1-4,8H2,(H,10,11)/t5?,6-/m0/s1. The molecule has 64 valence electrons. The molecule has 1 fully saturated rings. The van der Waals surface area contributed by atoms with E-state index < -0.39 is 12.0 Å². The van der Waals surface area contributed by atoms with Crippen LogP contribution in [0.5, 0.6) is 0 Å². The highest BCUT2D eigenvalue weighted by Crippen LogP contribution is 2.09. The van der Waals surface area contributed by atoms with Gasteiger partial charge in [0.15, 0.2) is 0 Å². The van der Waals surface area contributed by atoms with Crippen LogP contribution in [0.2, 0.25) is 0 Å². The van der Waals surface area contributed by atoms with Gasteiger partial charge in [-0.05, 0) is 25.8 Å². The quantitative estimate of drug-likeness (QED) is 0.519. The summed E-state index contributed by atoms with van der Waals surface area (Å²) < 4.78 is 0. The van der Waals surface area contributed by atoms with Crippen LogP contribution >= 0.6 is 0 Å². The first-order chi connectivity index (χ1) is 5.20. The topological polar surface area (TPSA) is 75.3 Å². The van der Waals surface area contributed by atoms with E-state index >= 15 is 0 Å². The Hall–Kier alpha value is -0.610. The minimum Gasteiger partial charge on any atom is -0.480 e. The number of nitrogens with two attached hydrogens (primary N) is 1. The van der Waals surface area contributed by atoms with Crippen molar-refractivity contribution in [2.75, 3.05) is 6.54 Å². The predicted octanol–water partition coefficient (Wildman–Crippen LogP) is -0.460. The van der Waals surface area contributed by atoms with Crippen molar-refractivity contribution in [3.8, 4) is 0 Å². The van der Waals surface area contributed by atoms with Crippen molar-refractivity contribution in [3.63, 3.8) is 0 Å². The maximum absolute atomic E-state index is 10.3. The number of rotatable bonds is 3. The second-order valence-corrected chi connectivity index (χ2v) is 2.97.